The van der Waals surface area contributed by atoms with Crippen LogP contribution in [0, 0.1) is 5.92 Å². The van der Waals surface area contributed by atoms with Crippen molar-refractivity contribution in [2.24, 2.45) is 11.7 Å². The van der Waals surface area contributed by atoms with Crippen molar-refractivity contribution >= 4 is 5.91 Å². The zero-order valence-electron chi connectivity index (χ0n) is 10.8. The molecular weight excluding hydrogens is 230 g/mol. The maximum atomic E-state index is 12.0. The molecule has 0 aromatic carbocycles. The Labute approximate surface area is 107 Å². The fraction of sp³-hybridized carbons (Fsp3) is 0.750. The van der Waals surface area contributed by atoms with Gasteiger partial charge in [-0.1, -0.05) is 18.1 Å². The van der Waals surface area contributed by atoms with Gasteiger partial charge in [0.25, 0.3) is 5.91 Å². The number of carbonyl (C=O) groups excluding carboxylic acids is 1. The van der Waals surface area contributed by atoms with Gasteiger partial charge in [-0.2, -0.15) is 0 Å². The number of nitrogens with two attached hydrogens (primary N) is 1. The van der Waals surface area contributed by atoms with Gasteiger partial charge in [-0.3, -0.25) is 9.48 Å². The van der Waals surface area contributed by atoms with Crippen molar-refractivity contribution in [3.63, 3.8) is 0 Å². The van der Waals surface area contributed by atoms with Crippen molar-refractivity contribution < 1.29 is 4.79 Å². The lowest BCUT2D eigenvalue weighted by molar-refractivity contribution is 0.0922. The summed E-state index contributed by atoms with van der Waals surface area (Å²) in [7, 11) is 0. The molecule has 0 radical (unpaired) electrons. The van der Waals surface area contributed by atoms with Gasteiger partial charge in [0, 0.05) is 12.6 Å². The molecule has 1 aromatic rings. The minimum absolute atomic E-state index is 0.141. The highest BCUT2D eigenvalue weighted by molar-refractivity contribution is 5.92. The summed E-state index contributed by atoms with van der Waals surface area (Å²) in [6.07, 6.45) is 6.61. The van der Waals surface area contributed by atoms with Crippen molar-refractivity contribution in [3.05, 3.63) is 11.9 Å². The van der Waals surface area contributed by atoms with Gasteiger partial charge in [-0.25, -0.2) is 0 Å². The van der Waals surface area contributed by atoms with Gasteiger partial charge < -0.3 is 11.1 Å². The average molecular weight is 251 g/mol. The van der Waals surface area contributed by atoms with E-state index in [2.05, 4.69) is 22.6 Å². The van der Waals surface area contributed by atoms with E-state index in [4.69, 9.17) is 5.73 Å². The van der Waals surface area contributed by atoms with Crippen LogP contribution < -0.4 is 11.1 Å². The molecule has 1 fully saturated rings. The third-order valence-corrected chi connectivity index (χ3v) is 3.60. The summed E-state index contributed by atoms with van der Waals surface area (Å²) in [6.45, 7) is 3.14. The first kappa shape index (κ1) is 13.0. The van der Waals surface area contributed by atoms with Crippen LogP contribution in [0.4, 0.5) is 0 Å². The van der Waals surface area contributed by atoms with Gasteiger partial charge in [-0.05, 0) is 25.7 Å². The molecule has 0 bridgehead atoms. The molecule has 1 heterocycles. The average Bonchev–Trinajstić information content (AvgIpc) is 3.00. The first-order valence-electron chi connectivity index (χ1n) is 6.61. The van der Waals surface area contributed by atoms with Crippen LogP contribution in [-0.4, -0.2) is 33.5 Å². The molecule has 1 atom stereocenters. The van der Waals surface area contributed by atoms with Crippen molar-refractivity contribution in [3.8, 4) is 0 Å². The van der Waals surface area contributed by atoms with Crippen molar-refractivity contribution in [1.29, 1.82) is 0 Å². The van der Waals surface area contributed by atoms with E-state index >= 15 is 0 Å². The normalized spacial score (nSPS) is 17.9. The van der Waals surface area contributed by atoms with Crippen LogP contribution in [0.25, 0.3) is 0 Å². The Bertz CT molecular complexity index is 397. The Morgan fingerprint density at radius 3 is 3.00 bits per heavy atom. The Morgan fingerprint density at radius 1 is 1.61 bits per heavy atom. The maximum absolute atomic E-state index is 12.0. The lowest BCUT2D eigenvalue weighted by Crippen LogP contribution is -2.37. The molecule has 0 saturated heterocycles. The van der Waals surface area contributed by atoms with Crippen molar-refractivity contribution in [2.75, 3.05) is 6.54 Å². The topological polar surface area (TPSA) is 85.8 Å². The maximum Gasteiger partial charge on any atom is 0.273 e. The van der Waals surface area contributed by atoms with Crippen LogP contribution in [0.1, 0.15) is 43.1 Å². The summed E-state index contributed by atoms with van der Waals surface area (Å²) in [5, 5.41) is 10.7. The molecule has 18 heavy (non-hydrogen) atoms. The highest BCUT2D eigenvalue weighted by Crippen LogP contribution is 2.27. The lowest BCUT2D eigenvalue weighted by atomic mass is 10.00. The number of nitrogens with zero attached hydrogens (tertiary/aromatic N) is 3. The number of amides is 1. The molecule has 3 N–H and O–H groups in total. The highest BCUT2D eigenvalue weighted by atomic mass is 16.2. The molecule has 100 valence electrons. The first-order chi connectivity index (χ1) is 8.70. The van der Waals surface area contributed by atoms with Crippen LogP contribution in [-0.2, 0) is 6.54 Å². The monoisotopic (exact) mass is 251 g/mol. The van der Waals surface area contributed by atoms with E-state index in [0.29, 0.717) is 24.7 Å². The fourth-order valence-corrected chi connectivity index (χ4v) is 2.50. The second-order valence-corrected chi connectivity index (χ2v) is 4.96. The summed E-state index contributed by atoms with van der Waals surface area (Å²) >= 11 is 0. The Hall–Kier alpha value is -1.43. The summed E-state index contributed by atoms with van der Waals surface area (Å²) in [4.78, 5) is 12.0. The summed E-state index contributed by atoms with van der Waals surface area (Å²) in [5.41, 5.74) is 5.79. The third-order valence-electron chi connectivity index (χ3n) is 3.60. The van der Waals surface area contributed by atoms with Crippen LogP contribution in [0.5, 0.6) is 0 Å². The summed E-state index contributed by atoms with van der Waals surface area (Å²) in [6, 6.07) is 0.208. The molecule has 1 aromatic heterocycles. The molecule has 1 aliphatic carbocycles. The van der Waals surface area contributed by atoms with E-state index in [0.717, 1.165) is 0 Å². The van der Waals surface area contributed by atoms with Crippen LogP contribution >= 0.6 is 0 Å². The van der Waals surface area contributed by atoms with E-state index in [9.17, 15) is 4.79 Å². The molecular formula is C12H21N5O. The zero-order valence-corrected chi connectivity index (χ0v) is 10.8. The number of rotatable bonds is 5. The zero-order chi connectivity index (χ0) is 13.0. The smallest absolute Gasteiger partial charge is 0.273 e. The van der Waals surface area contributed by atoms with Gasteiger partial charge in [0.1, 0.15) is 0 Å². The summed E-state index contributed by atoms with van der Waals surface area (Å²) in [5.74, 6) is 0.464. The number of hydrogen-bond donors (Lipinski definition) is 2. The molecule has 0 aliphatic heterocycles. The molecule has 6 nitrogen and oxygen atoms in total. The van der Waals surface area contributed by atoms with Gasteiger partial charge >= 0.3 is 0 Å². The molecule has 2 rings (SSSR count). The van der Waals surface area contributed by atoms with Gasteiger partial charge in [0.15, 0.2) is 5.69 Å². The molecule has 1 amide bonds. The molecule has 1 saturated carbocycles. The van der Waals surface area contributed by atoms with Crippen LogP contribution in [0.15, 0.2) is 6.20 Å². The number of aromatic nitrogens is 3. The van der Waals surface area contributed by atoms with E-state index in [1.807, 2.05) is 0 Å². The third kappa shape index (κ3) is 3.07. The van der Waals surface area contributed by atoms with Crippen LogP contribution in [0.2, 0.25) is 0 Å². The van der Waals surface area contributed by atoms with Crippen molar-refractivity contribution in [2.45, 2.75) is 45.2 Å². The Balaban J connectivity index is 1.89. The second-order valence-electron chi connectivity index (χ2n) is 4.96. The predicted molar refractivity (Wildman–Crippen MR) is 68.0 cm³/mol. The van der Waals surface area contributed by atoms with Gasteiger partial charge in [0.05, 0.1) is 12.7 Å². The SMILES string of the molecule is CC(NC(=O)c1cn(CCN)nn1)C1CCCC1. The second kappa shape index (κ2) is 5.95. The van der Waals surface area contributed by atoms with E-state index < -0.39 is 0 Å². The van der Waals surface area contributed by atoms with E-state index in [-0.39, 0.29) is 11.9 Å². The van der Waals surface area contributed by atoms with Crippen LogP contribution in [0.3, 0.4) is 0 Å². The Morgan fingerprint density at radius 2 is 2.33 bits per heavy atom. The fourth-order valence-electron chi connectivity index (χ4n) is 2.50. The minimum Gasteiger partial charge on any atom is -0.348 e. The van der Waals surface area contributed by atoms with E-state index in [1.54, 1.807) is 10.9 Å². The predicted octanol–water partition coefficient (Wildman–Crippen LogP) is 0.545. The molecule has 0 spiro atoms. The largest absolute Gasteiger partial charge is 0.348 e. The minimum atomic E-state index is -0.141. The molecule has 1 aliphatic rings. The number of nitrogens with one attached hydrogen (secondary N) is 1. The Kier molecular flexibility index (Phi) is 4.30. The molecule has 1 unspecified atom stereocenters. The quantitative estimate of drug-likeness (QED) is 0.800. The number of hydrogen-bond acceptors (Lipinski definition) is 4. The van der Waals surface area contributed by atoms with E-state index in [1.165, 1.54) is 25.7 Å². The standard InChI is InChI=1S/C12H21N5O/c1-9(10-4-2-3-5-10)14-12(18)11-8-17(7-6-13)16-15-11/h8-10H,2-7,13H2,1H3,(H,14,18). The highest BCUT2D eigenvalue weighted by Gasteiger charge is 2.23. The first-order valence-corrected chi connectivity index (χ1v) is 6.61. The molecule has 6 heteroatoms. The number of carbonyl (C=O) groups is 1. The van der Waals surface area contributed by atoms with Gasteiger partial charge in [-0.15, -0.1) is 5.10 Å². The lowest BCUT2D eigenvalue weighted by Gasteiger charge is -2.19. The van der Waals surface area contributed by atoms with Gasteiger partial charge in [0.2, 0.25) is 0 Å². The summed E-state index contributed by atoms with van der Waals surface area (Å²) < 4.78 is 1.59. The van der Waals surface area contributed by atoms with Crippen molar-refractivity contribution in [1.82, 2.24) is 20.3 Å².